The van der Waals surface area contributed by atoms with Crippen molar-refractivity contribution in [2.24, 2.45) is 0 Å². The third-order valence-corrected chi connectivity index (χ3v) is 2.20. The number of aliphatic hydroxyl groups is 1. The number of amides is 1. The molecule has 1 heterocycles. The van der Waals surface area contributed by atoms with Crippen LogP contribution in [0.3, 0.4) is 0 Å². The van der Waals surface area contributed by atoms with Gasteiger partial charge < -0.3 is 5.11 Å². The maximum atomic E-state index is 11.3. The molecule has 0 atom stereocenters. The van der Waals surface area contributed by atoms with Crippen LogP contribution in [0.5, 0.6) is 0 Å². The second kappa shape index (κ2) is 4.99. The Morgan fingerprint density at radius 1 is 1.62 bits per heavy atom. The fourth-order valence-electron chi connectivity index (χ4n) is 0.981. The van der Waals surface area contributed by atoms with Crippen LogP contribution in [0.4, 0.5) is 0 Å². The van der Waals surface area contributed by atoms with E-state index in [-0.39, 0.29) is 12.2 Å². The van der Waals surface area contributed by atoms with Gasteiger partial charge in [0.2, 0.25) is 10.0 Å². The van der Waals surface area contributed by atoms with Crippen molar-refractivity contribution < 1.29 is 23.0 Å². The Labute approximate surface area is 92.8 Å². The molecule has 2 N–H and O–H groups in total. The predicted octanol–water partition coefficient (Wildman–Crippen LogP) is -1.95. The summed E-state index contributed by atoms with van der Waals surface area (Å²) in [6, 6.07) is 1.42. The highest BCUT2D eigenvalue weighted by Gasteiger charge is 2.13. The van der Waals surface area contributed by atoms with E-state index in [1.54, 1.807) is 0 Å². The largest absolute Gasteiger partial charge is 0.390 e. The Balaban J connectivity index is 2.78. The SMILES string of the molecule is CS(=O)(=O)NC(=O)c1cc[n+](CCO)nc1. The molecule has 1 aromatic heterocycles. The zero-order chi connectivity index (χ0) is 12.2. The van der Waals surface area contributed by atoms with E-state index in [1.807, 2.05) is 4.72 Å². The van der Waals surface area contributed by atoms with Crippen LogP contribution < -0.4 is 9.40 Å². The van der Waals surface area contributed by atoms with Crippen molar-refractivity contribution in [1.82, 2.24) is 9.82 Å². The summed E-state index contributed by atoms with van der Waals surface area (Å²) >= 11 is 0. The van der Waals surface area contributed by atoms with Gasteiger partial charge in [0.15, 0.2) is 12.7 Å². The minimum absolute atomic E-state index is 0.0629. The number of aromatic nitrogens is 2. The standard InChI is InChI=1S/C8H11N3O4S/c1-16(14,15)10-8(13)7-2-3-11(4-5-12)9-6-7/h2-3,6,12H,4-5H2,1H3/p+1. The molecule has 0 saturated carbocycles. The molecule has 0 aliphatic heterocycles. The van der Waals surface area contributed by atoms with E-state index in [4.69, 9.17) is 5.11 Å². The molecule has 0 fully saturated rings. The first-order valence-electron chi connectivity index (χ1n) is 4.41. The van der Waals surface area contributed by atoms with Gasteiger partial charge >= 0.3 is 0 Å². The Bertz CT molecular complexity index is 469. The number of carbonyl (C=O) groups is 1. The van der Waals surface area contributed by atoms with Crippen molar-refractivity contribution in [2.45, 2.75) is 6.54 Å². The smallest absolute Gasteiger partial charge is 0.266 e. The molecular weight excluding hydrogens is 234 g/mol. The molecule has 7 nitrogen and oxygen atoms in total. The van der Waals surface area contributed by atoms with Crippen LogP contribution in [0.15, 0.2) is 18.5 Å². The van der Waals surface area contributed by atoms with Gasteiger partial charge in [0.05, 0.1) is 11.8 Å². The average molecular weight is 246 g/mol. The molecule has 16 heavy (non-hydrogen) atoms. The molecule has 0 bridgehead atoms. The third-order valence-electron chi connectivity index (χ3n) is 1.64. The Kier molecular flexibility index (Phi) is 3.91. The van der Waals surface area contributed by atoms with E-state index in [1.165, 1.54) is 23.1 Å². The van der Waals surface area contributed by atoms with E-state index in [2.05, 4.69) is 5.10 Å². The first-order valence-corrected chi connectivity index (χ1v) is 6.30. The molecule has 0 radical (unpaired) electrons. The number of hydrogen-bond acceptors (Lipinski definition) is 5. The Hall–Kier alpha value is -1.54. The molecular formula is C8H12N3O4S+. The zero-order valence-electron chi connectivity index (χ0n) is 8.62. The van der Waals surface area contributed by atoms with Crippen molar-refractivity contribution in [2.75, 3.05) is 12.9 Å². The van der Waals surface area contributed by atoms with Gasteiger partial charge in [-0.3, -0.25) is 4.79 Å². The van der Waals surface area contributed by atoms with Gasteiger partial charge in [0.1, 0.15) is 12.8 Å². The highest BCUT2D eigenvalue weighted by atomic mass is 32.2. The normalized spacial score (nSPS) is 11.1. The summed E-state index contributed by atoms with van der Waals surface area (Å²) in [6.45, 7) is 0.251. The molecule has 0 aliphatic carbocycles. The number of aliphatic hydroxyl groups excluding tert-OH is 1. The molecule has 1 aromatic rings. The summed E-state index contributed by atoms with van der Waals surface area (Å²) in [4.78, 5) is 11.3. The molecule has 0 aliphatic rings. The van der Waals surface area contributed by atoms with Crippen LogP contribution in [0.25, 0.3) is 0 Å². The number of nitrogens with one attached hydrogen (secondary N) is 1. The lowest BCUT2D eigenvalue weighted by atomic mass is 10.3. The number of hydrogen-bond donors (Lipinski definition) is 2. The average Bonchev–Trinajstić information content (AvgIpc) is 2.16. The van der Waals surface area contributed by atoms with Crippen LogP contribution in [0, 0.1) is 0 Å². The van der Waals surface area contributed by atoms with Crippen molar-refractivity contribution >= 4 is 15.9 Å². The van der Waals surface area contributed by atoms with Gasteiger partial charge in [-0.05, 0) is 5.10 Å². The second-order valence-corrected chi connectivity index (χ2v) is 4.85. The van der Waals surface area contributed by atoms with E-state index >= 15 is 0 Å². The summed E-state index contributed by atoms with van der Waals surface area (Å²) in [5, 5.41) is 12.5. The van der Waals surface area contributed by atoms with Crippen LogP contribution in [0.2, 0.25) is 0 Å². The molecule has 0 aromatic carbocycles. The van der Waals surface area contributed by atoms with E-state index in [0.717, 1.165) is 6.26 Å². The zero-order valence-corrected chi connectivity index (χ0v) is 9.44. The summed E-state index contributed by atoms with van der Waals surface area (Å²) in [7, 11) is -3.57. The molecule has 8 heteroatoms. The first-order chi connectivity index (χ1) is 7.42. The lowest BCUT2D eigenvalue weighted by molar-refractivity contribution is -0.754. The van der Waals surface area contributed by atoms with E-state index in [9.17, 15) is 13.2 Å². The van der Waals surface area contributed by atoms with Crippen molar-refractivity contribution in [3.63, 3.8) is 0 Å². The fourth-order valence-corrected chi connectivity index (χ4v) is 1.44. The summed E-state index contributed by atoms with van der Waals surface area (Å²) in [5.41, 5.74) is 0.139. The van der Waals surface area contributed by atoms with Gasteiger partial charge in [0, 0.05) is 6.07 Å². The summed E-state index contributed by atoms with van der Waals surface area (Å²) < 4.78 is 24.8. The number of rotatable bonds is 4. The molecule has 88 valence electrons. The molecule has 0 saturated heterocycles. The maximum Gasteiger partial charge on any atom is 0.266 e. The van der Waals surface area contributed by atoms with Crippen LogP contribution in [-0.4, -0.2) is 37.4 Å². The third kappa shape index (κ3) is 3.91. The van der Waals surface area contributed by atoms with Crippen LogP contribution >= 0.6 is 0 Å². The minimum Gasteiger partial charge on any atom is -0.390 e. The predicted molar refractivity (Wildman–Crippen MR) is 53.8 cm³/mol. The quantitative estimate of drug-likeness (QED) is 0.601. The van der Waals surface area contributed by atoms with E-state index < -0.39 is 15.9 Å². The molecule has 0 unspecified atom stereocenters. The monoisotopic (exact) mass is 246 g/mol. The topological polar surface area (TPSA) is 100 Å². The maximum absolute atomic E-state index is 11.3. The lowest BCUT2D eigenvalue weighted by Gasteiger charge is -2.00. The highest BCUT2D eigenvalue weighted by Crippen LogP contribution is 1.93. The second-order valence-electron chi connectivity index (χ2n) is 3.11. The van der Waals surface area contributed by atoms with Crippen molar-refractivity contribution in [1.29, 1.82) is 0 Å². The van der Waals surface area contributed by atoms with Gasteiger partial charge in [0.25, 0.3) is 5.91 Å². The van der Waals surface area contributed by atoms with Gasteiger partial charge in [-0.25, -0.2) is 13.1 Å². The van der Waals surface area contributed by atoms with Crippen molar-refractivity contribution in [3.05, 3.63) is 24.0 Å². The number of carbonyl (C=O) groups excluding carboxylic acids is 1. The fraction of sp³-hybridized carbons (Fsp3) is 0.375. The molecule has 1 amide bonds. The van der Waals surface area contributed by atoms with Gasteiger partial charge in [-0.1, -0.05) is 4.68 Å². The van der Waals surface area contributed by atoms with E-state index in [0.29, 0.717) is 6.54 Å². The lowest BCUT2D eigenvalue weighted by Crippen LogP contribution is -2.40. The Morgan fingerprint density at radius 3 is 2.75 bits per heavy atom. The highest BCUT2D eigenvalue weighted by molar-refractivity contribution is 7.89. The van der Waals surface area contributed by atoms with Crippen LogP contribution in [0.1, 0.15) is 10.4 Å². The van der Waals surface area contributed by atoms with Gasteiger partial charge in [-0.15, -0.1) is 0 Å². The number of sulfonamides is 1. The summed E-state index contributed by atoms with van der Waals surface area (Å²) in [6.07, 6.45) is 3.61. The Morgan fingerprint density at radius 2 is 2.31 bits per heavy atom. The first kappa shape index (κ1) is 12.5. The van der Waals surface area contributed by atoms with Crippen LogP contribution in [-0.2, 0) is 16.6 Å². The molecule has 1 rings (SSSR count). The van der Waals surface area contributed by atoms with Gasteiger partial charge in [-0.2, -0.15) is 0 Å². The number of nitrogens with zero attached hydrogens (tertiary/aromatic N) is 2. The minimum atomic E-state index is -3.57. The van der Waals surface area contributed by atoms with Crippen molar-refractivity contribution in [3.8, 4) is 0 Å². The summed E-state index contributed by atoms with van der Waals surface area (Å²) in [5.74, 6) is -0.730. The molecule has 0 spiro atoms.